The maximum Gasteiger partial charge on any atom is 0.183 e. The first-order valence-corrected chi connectivity index (χ1v) is 9.56. The van der Waals surface area contributed by atoms with Gasteiger partial charge in [-0.1, -0.05) is 6.08 Å². The van der Waals surface area contributed by atoms with Crippen LogP contribution in [0.15, 0.2) is 36.9 Å². The molecule has 1 atom stereocenters. The lowest BCUT2D eigenvalue weighted by molar-refractivity contribution is -0.00871. The smallest absolute Gasteiger partial charge is 0.183 e. The van der Waals surface area contributed by atoms with Gasteiger partial charge in [-0.25, -0.2) is 0 Å². The van der Waals surface area contributed by atoms with Gasteiger partial charge in [-0.3, -0.25) is 9.69 Å². The van der Waals surface area contributed by atoms with E-state index in [1.54, 1.807) is 0 Å². The molecule has 2 aliphatic rings. The van der Waals surface area contributed by atoms with Crippen molar-refractivity contribution in [1.29, 1.82) is 0 Å². The lowest BCUT2D eigenvalue weighted by Gasteiger charge is -2.41. The molecule has 2 fully saturated rings. The van der Waals surface area contributed by atoms with Crippen LogP contribution >= 0.6 is 0 Å². The second-order valence-corrected chi connectivity index (χ2v) is 7.53. The van der Waals surface area contributed by atoms with E-state index >= 15 is 0 Å². The Morgan fingerprint density at radius 2 is 1.73 bits per heavy atom. The van der Waals surface area contributed by atoms with Crippen LogP contribution in [0, 0.1) is 0 Å². The average Bonchev–Trinajstić information content (AvgIpc) is 2.69. The number of anilines is 1. The fraction of sp³-hybridized carbons (Fsp3) is 0.571. The fourth-order valence-corrected chi connectivity index (χ4v) is 3.90. The third-order valence-electron chi connectivity index (χ3n) is 5.74. The number of likely N-dealkylation sites (N-methyl/N-ethyl adjacent to an activating group) is 1. The number of hydrogen-bond donors (Lipinski definition) is 0. The Labute approximate surface area is 157 Å². The van der Waals surface area contributed by atoms with Gasteiger partial charge in [-0.2, -0.15) is 0 Å². The molecule has 1 unspecified atom stereocenters. The number of morpholine rings is 1. The second kappa shape index (κ2) is 8.33. The van der Waals surface area contributed by atoms with Crippen molar-refractivity contribution in [2.24, 2.45) is 0 Å². The zero-order valence-electron chi connectivity index (χ0n) is 16.1. The maximum absolute atomic E-state index is 13.3. The molecule has 2 heterocycles. The summed E-state index contributed by atoms with van der Waals surface area (Å²) in [6.07, 6.45) is 2.50. The number of rotatable bonds is 6. The van der Waals surface area contributed by atoms with E-state index in [0.29, 0.717) is 19.6 Å². The van der Waals surface area contributed by atoms with E-state index in [9.17, 15) is 4.79 Å². The molecule has 1 aromatic carbocycles. The van der Waals surface area contributed by atoms with Crippen molar-refractivity contribution in [3.8, 4) is 0 Å². The average molecular weight is 357 g/mol. The molecule has 2 saturated heterocycles. The molecule has 3 rings (SSSR count). The van der Waals surface area contributed by atoms with Gasteiger partial charge in [-0.15, -0.1) is 6.58 Å². The fourth-order valence-electron chi connectivity index (χ4n) is 3.90. The van der Waals surface area contributed by atoms with Gasteiger partial charge in [0.05, 0.1) is 18.8 Å². The van der Waals surface area contributed by atoms with E-state index in [1.807, 2.05) is 25.1 Å². The zero-order chi connectivity index (χ0) is 18.6. The third kappa shape index (κ3) is 4.00. The molecule has 26 heavy (non-hydrogen) atoms. The van der Waals surface area contributed by atoms with Crippen LogP contribution in [-0.4, -0.2) is 80.7 Å². The molecule has 0 aliphatic carbocycles. The number of benzene rings is 1. The number of Topliss-reactive ketones (excluding diaryl/α,β-unsaturated/α-hetero) is 1. The summed E-state index contributed by atoms with van der Waals surface area (Å²) in [4.78, 5) is 20.3. The highest BCUT2D eigenvalue weighted by molar-refractivity contribution is 6.03. The standard InChI is InChI=1S/C21H31N3O2/c1-4-9-21(2,24-14-16-26-17-15-24)20(25)18-5-7-19(8-6-18)23-12-10-22(3)11-13-23/h4-8H,1,9-17H2,2-3H3. The first-order valence-electron chi connectivity index (χ1n) is 9.56. The van der Waals surface area contributed by atoms with Gasteiger partial charge in [-0.05, 0) is 44.7 Å². The Morgan fingerprint density at radius 3 is 2.31 bits per heavy atom. The first-order chi connectivity index (χ1) is 12.5. The Hall–Kier alpha value is -1.69. The molecule has 0 amide bonds. The predicted molar refractivity (Wildman–Crippen MR) is 106 cm³/mol. The Morgan fingerprint density at radius 1 is 1.12 bits per heavy atom. The molecule has 0 aromatic heterocycles. The summed E-state index contributed by atoms with van der Waals surface area (Å²) in [5.41, 5.74) is 1.42. The molecule has 1 aromatic rings. The van der Waals surface area contributed by atoms with Gasteiger partial charge in [0.15, 0.2) is 5.78 Å². The van der Waals surface area contributed by atoms with E-state index in [0.717, 1.165) is 44.8 Å². The topological polar surface area (TPSA) is 36.0 Å². The SMILES string of the molecule is C=CCC(C)(C(=O)c1ccc(N2CCN(C)CC2)cc1)N1CCOCC1. The lowest BCUT2D eigenvalue weighted by Crippen LogP contribution is -2.56. The summed E-state index contributed by atoms with van der Waals surface area (Å²) >= 11 is 0. The van der Waals surface area contributed by atoms with Gasteiger partial charge in [0.25, 0.3) is 0 Å². The monoisotopic (exact) mass is 357 g/mol. The van der Waals surface area contributed by atoms with Crippen LogP contribution in [0.2, 0.25) is 0 Å². The Kier molecular flexibility index (Phi) is 6.12. The van der Waals surface area contributed by atoms with Crippen molar-refractivity contribution in [2.75, 3.05) is 64.4 Å². The van der Waals surface area contributed by atoms with E-state index < -0.39 is 5.54 Å². The summed E-state index contributed by atoms with van der Waals surface area (Å²) in [7, 11) is 2.16. The molecule has 0 N–H and O–H groups in total. The number of ketones is 1. The van der Waals surface area contributed by atoms with Crippen molar-refractivity contribution in [2.45, 2.75) is 18.9 Å². The minimum atomic E-state index is -0.555. The molecule has 5 nitrogen and oxygen atoms in total. The third-order valence-corrected chi connectivity index (χ3v) is 5.74. The van der Waals surface area contributed by atoms with E-state index in [1.165, 1.54) is 5.69 Å². The number of ether oxygens (including phenoxy) is 1. The van der Waals surface area contributed by atoms with Crippen molar-refractivity contribution in [3.05, 3.63) is 42.5 Å². The minimum Gasteiger partial charge on any atom is -0.379 e. The highest BCUT2D eigenvalue weighted by atomic mass is 16.5. The summed E-state index contributed by atoms with van der Waals surface area (Å²) in [6.45, 7) is 13.1. The highest BCUT2D eigenvalue weighted by Crippen LogP contribution is 2.27. The van der Waals surface area contributed by atoms with Crippen LogP contribution in [0.4, 0.5) is 5.69 Å². The molecule has 142 valence electrons. The maximum atomic E-state index is 13.3. The van der Waals surface area contributed by atoms with Crippen LogP contribution in [0.25, 0.3) is 0 Å². The number of nitrogens with zero attached hydrogens (tertiary/aromatic N) is 3. The van der Waals surface area contributed by atoms with Crippen molar-refractivity contribution in [1.82, 2.24) is 9.80 Å². The molecule has 0 bridgehead atoms. The summed E-state index contributed by atoms with van der Waals surface area (Å²) in [5.74, 6) is 0.171. The Bertz CT molecular complexity index is 617. The van der Waals surface area contributed by atoms with Crippen molar-refractivity contribution >= 4 is 11.5 Å². The Balaban J connectivity index is 1.75. The van der Waals surface area contributed by atoms with Crippen LogP contribution in [0.5, 0.6) is 0 Å². The van der Waals surface area contributed by atoms with E-state index in [-0.39, 0.29) is 5.78 Å². The van der Waals surface area contributed by atoms with Crippen LogP contribution in [-0.2, 0) is 4.74 Å². The van der Waals surface area contributed by atoms with Crippen LogP contribution < -0.4 is 4.90 Å². The largest absolute Gasteiger partial charge is 0.379 e. The highest BCUT2D eigenvalue weighted by Gasteiger charge is 2.39. The van der Waals surface area contributed by atoms with Crippen LogP contribution in [0.3, 0.4) is 0 Å². The quantitative estimate of drug-likeness (QED) is 0.577. The van der Waals surface area contributed by atoms with Gasteiger partial charge >= 0.3 is 0 Å². The van der Waals surface area contributed by atoms with E-state index in [4.69, 9.17) is 4.74 Å². The number of hydrogen-bond acceptors (Lipinski definition) is 5. The van der Waals surface area contributed by atoms with Crippen LogP contribution in [0.1, 0.15) is 23.7 Å². The van der Waals surface area contributed by atoms with Gasteiger partial charge < -0.3 is 14.5 Å². The summed E-state index contributed by atoms with van der Waals surface area (Å²) < 4.78 is 5.46. The molecular formula is C21H31N3O2. The zero-order valence-corrected chi connectivity index (χ0v) is 16.1. The predicted octanol–water partition coefficient (Wildman–Crippen LogP) is 2.29. The van der Waals surface area contributed by atoms with Gasteiger partial charge in [0.2, 0.25) is 0 Å². The minimum absolute atomic E-state index is 0.171. The van der Waals surface area contributed by atoms with Gasteiger partial charge in [0.1, 0.15) is 0 Å². The second-order valence-electron chi connectivity index (χ2n) is 7.53. The van der Waals surface area contributed by atoms with Gasteiger partial charge in [0, 0.05) is 50.5 Å². The summed E-state index contributed by atoms with van der Waals surface area (Å²) in [6, 6.07) is 8.15. The first kappa shape index (κ1) is 19.1. The number of piperazine rings is 1. The molecule has 2 aliphatic heterocycles. The number of carbonyl (C=O) groups is 1. The molecule has 0 saturated carbocycles. The number of carbonyl (C=O) groups excluding carboxylic acids is 1. The van der Waals surface area contributed by atoms with Crippen molar-refractivity contribution < 1.29 is 9.53 Å². The van der Waals surface area contributed by atoms with Crippen molar-refractivity contribution in [3.63, 3.8) is 0 Å². The molecule has 0 radical (unpaired) electrons. The molecule has 5 heteroatoms. The van der Waals surface area contributed by atoms with E-state index in [2.05, 4.69) is 40.5 Å². The normalized spacial score (nSPS) is 22.0. The molecular weight excluding hydrogens is 326 g/mol. The molecule has 0 spiro atoms. The summed E-state index contributed by atoms with van der Waals surface area (Å²) in [5, 5.41) is 0. The lowest BCUT2D eigenvalue weighted by atomic mass is 9.85.